The molecule has 0 aliphatic carbocycles. The number of aryl methyl sites for hydroxylation is 2. The summed E-state index contributed by atoms with van der Waals surface area (Å²) in [5, 5.41) is 4.09. The van der Waals surface area contributed by atoms with E-state index in [0.29, 0.717) is 5.11 Å². The van der Waals surface area contributed by atoms with Crippen LogP contribution in [0, 0.1) is 19.7 Å². The summed E-state index contributed by atoms with van der Waals surface area (Å²) in [6.45, 7) is 6.44. The van der Waals surface area contributed by atoms with Gasteiger partial charge < -0.3 is 14.8 Å². The Labute approximate surface area is 205 Å². The molecule has 2 atom stereocenters. The van der Waals surface area contributed by atoms with E-state index in [1.54, 1.807) is 18.3 Å². The molecule has 1 fully saturated rings. The minimum atomic E-state index is -0.270. The molecule has 0 unspecified atom stereocenters. The fourth-order valence-corrected chi connectivity index (χ4v) is 5.26. The van der Waals surface area contributed by atoms with Crippen LogP contribution >= 0.6 is 12.2 Å². The Kier molecular flexibility index (Phi) is 5.92. The molecule has 2 aromatic heterocycles. The third kappa shape index (κ3) is 3.88. The van der Waals surface area contributed by atoms with Gasteiger partial charge in [-0.1, -0.05) is 25.1 Å². The predicted molar refractivity (Wildman–Crippen MR) is 139 cm³/mol. The highest BCUT2D eigenvalue weighted by Crippen LogP contribution is 2.43. The van der Waals surface area contributed by atoms with Crippen LogP contribution in [0.3, 0.4) is 0 Å². The Morgan fingerprint density at radius 2 is 1.68 bits per heavy atom. The second kappa shape index (κ2) is 9.03. The fourth-order valence-electron chi connectivity index (χ4n) is 4.92. The van der Waals surface area contributed by atoms with Crippen LogP contribution in [0.5, 0.6) is 0 Å². The van der Waals surface area contributed by atoms with E-state index in [1.807, 2.05) is 18.2 Å². The number of anilines is 1. The summed E-state index contributed by atoms with van der Waals surface area (Å²) in [4.78, 5) is 6.72. The maximum Gasteiger partial charge on any atom is 0.174 e. The molecule has 4 aromatic rings. The van der Waals surface area contributed by atoms with Crippen molar-refractivity contribution in [2.45, 2.75) is 39.3 Å². The number of pyridine rings is 1. The van der Waals surface area contributed by atoms with Gasteiger partial charge in [0.05, 0.1) is 17.8 Å². The minimum Gasteiger partial charge on any atom is -0.351 e. The monoisotopic (exact) mass is 470 g/mol. The molecule has 6 heteroatoms. The molecule has 0 amide bonds. The molecule has 1 aliphatic rings. The van der Waals surface area contributed by atoms with Gasteiger partial charge in [0.2, 0.25) is 0 Å². The average molecular weight is 471 g/mol. The van der Waals surface area contributed by atoms with Crippen molar-refractivity contribution in [2.75, 3.05) is 4.90 Å². The van der Waals surface area contributed by atoms with E-state index in [9.17, 15) is 4.39 Å². The smallest absolute Gasteiger partial charge is 0.174 e. The Balaban J connectivity index is 1.65. The topological polar surface area (TPSA) is 33.1 Å². The third-order valence-corrected chi connectivity index (χ3v) is 6.91. The van der Waals surface area contributed by atoms with Gasteiger partial charge in [0.25, 0.3) is 0 Å². The Morgan fingerprint density at radius 1 is 0.971 bits per heavy atom. The summed E-state index contributed by atoms with van der Waals surface area (Å²) >= 11 is 5.80. The summed E-state index contributed by atoms with van der Waals surface area (Å²) in [6.07, 6.45) is 2.81. The van der Waals surface area contributed by atoms with Gasteiger partial charge in [0, 0.05) is 29.0 Å². The first-order valence-corrected chi connectivity index (χ1v) is 11.9. The number of nitrogens with one attached hydrogen (secondary N) is 1. The maximum absolute atomic E-state index is 13.7. The quantitative estimate of drug-likeness (QED) is 0.344. The highest BCUT2D eigenvalue weighted by atomic mass is 32.1. The number of nitrogens with zero attached hydrogens (tertiary/aromatic N) is 3. The lowest BCUT2D eigenvalue weighted by Gasteiger charge is -2.28. The second-order valence-electron chi connectivity index (χ2n) is 8.65. The lowest BCUT2D eigenvalue weighted by Crippen LogP contribution is -2.29. The largest absolute Gasteiger partial charge is 0.351 e. The van der Waals surface area contributed by atoms with Gasteiger partial charge in [-0.15, -0.1) is 0 Å². The van der Waals surface area contributed by atoms with E-state index < -0.39 is 0 Å². The molecular formula is C28H27FN4S. The number of aromatic nitrogens is 2. The highest BCUT2D eigenvalue weighted by molar-refractivity contribution is 7.80. The van der Waals surface area contributed by atoms with Crippen LogP contribution in [0.25, 0.3) is 5.69 Å². The molecule has 0 saturated carbocycles. The van der Waals surface area contributed by atoms with Crippen molar-refractivity contribution in [1.29, 1.82) is 0 Å². The molecule has 172 valence electrons. The number of benzene rings is 2. The number of thiocarbonyl (C=S) groups is 1. The zero-order valence-corrected chi connectivity index (χ0v) is 20.3. The SMILES string of the molecule is CCc1ccc(-n2c(C)cc([C@H]3[C@H](c4ccccn4)NC(=S)N3c3ccc(F)cc3)c2C)cc1. The van der Waals surface area contributed by atoms with Gasteiger partial charge in [-0.3, -0.25) is 4.98 Å². The molecule has 0 spiro atoms. The van der Waals surface area contributed by atoms with E-state index in [4.69, 9.17) is 12.2 Å². The Hall–Kier alpha value is -3.51. The van der Waals surface area contributed by atoms with E-state index >= 15 is 0 Å². The lowest BCUT2D eigenvalue weighted by atomic mass is 9.96. The molecule has 0 bridgehead atoms. The molecule has 4 nitrogen and oxygen atoms in total. The van der Waals surface area contributed by atoms with Gasteiger partial charge in [-0.05, 0) is 98.2 Å². The van der Waals surface area contributed by atoms with Crippen LogP contribution in [0.1, 0.15) is 47.2 Å². The third-order valence-electron chi connectivity index (χ3n) is 6.59. The first-order valence-electron chi connectivity index (χ1n) is 11.5. The molecule has 1 aliphatic heterocycles. The van der Waals surface area contributed by atoms with Gasteiger partial charge >= 0.3 is 0 Å². The number of rotatable bonds is 5. The molecule has 0 radical (unpaired) electrons. The second-order valence-corrected chi connectivity index (χ2v) is 9.04. The molecule has 1 saturated heterocycles. The van der Waals surface area contributed by atoms with Gasteiger partial charge in [0.1, 0.15) is 5.82 Å². The summed E-state index contributed by atoms with van der Waals surface area (Å²) in [7, 11) is 0. The van der Waals surface area contributed by atoms with E-state index in [1.165, 1.54) is 17.7 Å². The normalized spacial score (nSPS) is 17.8. The molecule has 1 N–H and O–H groups in total. The molecular weight excluding hydrogens is 443 g/mol. The van der Waals surface area contributed by atoms with Crippen LogP contribution in [0.15, 0.2) is 79.0 Å². The number of hydrogen-bond donors (Lipinski definition) is 1. The zero-order valence-electron chi connectivity index (χ0n) is 19.5. The van der Waals surface area contributed by atoms with E-state index in [-0.39, 0.29) is 17.9 Å². The molecule has 2 aromatic carbocycles. The summed E-state index contributed by atoms with van der Waals surface area (Å²) in [6, 6.07) is 23.1. The van der Waals surface area contributed by atoms with Crippen LogP contribution < -0.4 is 10.2 Å². The lowest BCUT2D eigenvalue weighted by molar-refractivity contribution is 0.565. The summed E-state index contributed by atoms with van der Waals surface area (Å²) in [5.74, 6) is -0.270. The standard InChI is InChI=1S/C28H27FN4S/c1-4-20-8-12-22(13-9-20)32-18(2)17-24(19(32)3)27-26(25-7-5-6-16-30-25)31-28(34)33(27)23-14-10-21(29)11-15-23/h5-17,26-27H,4H2,1-3H3,(H,31,34)/t26-,27-/m0/s1. The van der Waals surface area contributed by atoms with Crippen molar-refractivity contribution in [3.63, 3.8) is 0 Å². The average Bonchev–Trinajstić information content (AvgIpc) is 3.35. The predicted octanol–water partition coefficient (Wildman–Crippen LogP) is 6.37. The first kappa shape index (κ1) is 22.3. The summed E-state index contributed by atoms with van der Waals surface area (Å²) in [5.41, 5.74) is 7.66. The van der Waals surface area contributed by atoms with Crippen LogP contribution in [0.2, 0.25) is 0 Å². The minimum absolute atomic E-state index is 0.136. The highest BCUT2D eigenvalue weighted by Gasteiger charge is 2.42. The van der Waals surface area contributed by atoms with Crippen molar-refractivity contribution >= 4 is 23.0 Å². The van der Waals surface area contributed by atoms with Crippen molar-refractivity contribution in [1.82, 2.24) is 14.9 Å². The van der Waals surface area contributed by atoms with Crippen molar-refractivity contribution in [2.24, 2.45) is 0 Å². The molecule has 3 heterocycles. The summed E-state index contributed by atoms with van der Waals surface area (Å²) < 4.78 is 16.0. The van der Waals surface area contributed by atoms with Crippen molar-refractivity contribution in [3.05, 3.63) is 113 Å². The Bertz CT molecular complexity index is 1310. The fraction of sp³-hybridized carbons (Fsp3) is 0.214. The first-order chi connectivity index (χ1) is 16.5. The van der Waals surface area contributed by atoms with Crippen molar-refractivity contribution < 1.29 is 4.39 Å². The number of hydrogen-bond acceptors (Lipinski definition) is 2. The van der Waals surface area contributed by atoms with Crippen LogP contribution in [0.4, 0.5) is 10.1 Å². The zero-order chi connectivity index (χ0) is 23.8. The Morgan fingerprint density at radius 3 is 2.32 bits per heavy atom. The van der Waals surface area contributed by atoms with Gasteiger partial charge in [-0.25, -0.2) is 4.39 Å². The van der Waals surface area contributed by atoms with Crippen LogP contribution in [-0.4, -0.2) is 14.7 Å². The van der Waals surface area contributed by atoms with Gasteiger partial charge in [0.15, 0.2) is 5.11 Å². The van der Waals surface area contributed by atoms with Gasteiger partial charge in [-0.2, -0.15) is 0 Å². The van der Waals surface area contributed by atoms with E-state index in [2.05, 4.69) is 70.9 Å². The van der Waals surface area contributed by atoms with E-state index in [0.717, 1.165) is 40.4 Å². The van der Waals surface area contributed by atoms with Crippen molar-refractivity contribution in [3.8, 4) is 5.69 Å². The van der Waals surface area contributed by atoms with Crippen LogP contribution in [-0.2, 0) is 6.42 Å². The molecule has 5 rings (SSSR count). The maximum atomic E-state index is 13.7. The number of halogens is 1. The molecule has 34 heavy (non-hydrogen) atoms.